The van der Waals surface area contributed by atoms with Gasteiger partial charge in [-0.05, 0) is 30.7 Å². The van der Waals surface area contributed by atoms with Gasteiger partial charge in [0.05, 0.1) is 18.3 Å². The minimum atomic E-state index is 0.770. The Morgan fingerprint density at radius 3 is 2.78 bits per heavy atom. The Labute approximate surface area is 114 Å². The summed E-state index contributed by atoms with van der Waals surface area (Å²) >= 11 is 4.20. The first-order chi connectivity index (χ1) is 8.90. The molecule has 1 heterocycles. The number of rotatable bonds is 7. The van der Waals surface area contributed by atoms with E-state index in [1.54, 1.807) is 6.20 Å². The maximum Gasteiger partial charge on any atom is 0.138 e. The largest absolute Gasteiger partial charge is 0.492 e. The van der Waals surface area contributed by atoms with E-state index in [2.05, 4.69) is 29.7 Å². The summed E-state index contributed by atoms with van der Waals surface area (Å²) in [6, 6.07) is 10.1. The van der Waals surface area contributed by atoms with Crippen molar-refractivity contribution in [2.24, 2.45) is 0 Å². The normalized spacial score (nSPS) is 10.7. The van der Waals surface area contributed by atoms with E-state index in [1.165, 1.54) is 19.3 Å². The maximum absolute atomic E-state index is 5.71. The zero-order chi connectivity index (χ0) is 12.6. The number of pyridine rings is 1. The van der Waals surface area contributed by atoms with E-state index in [0.29, 0.717) is 0 Å². The van der Waals surface area contributed by atoms with Crippen LogP contribution in [-0.2, 0) is 0 Å². The lowest BCUT2D eigenvalue weighted by Crippen LogP contribution is -1.97. The quantitative estimate of drug-likeness (QED) is 0.598. The molecule has 0 atom stereocenters. The van der Waals surface area contributed by atoms with Crippen LogP contribution in [0.15, 0.2) is 36.5 Å². The maximum atomic E-state index is 5.71. The number of para-hydroxylation sites is 1. The third kappa shape index (κ3) is 3.91. The monoisotopic (exact) mass is 261 g/mol. The van der Waals surface area contributed by atoms with Crippen molar-refractivity contribution in [3.8, 4) is 5.75 Å². The Kier molecular flexibility index (Phi) is 5.34. The fourth-order valence-electron chi connectivity index (χ4n) is 1.89. The topological polar surface area (TPSA) is 22.1 Å². The van der Waals surface area contributed by atoms with Gasteiger partial charge in [-0.1, -0.05) is 31.0 Å². The Morgan fingerprint density at radius 2 is 1.89 bits per heavy atom. The molecule has 1 aromatic carbocycles. The van der Waals surface area contributed by atoms with Gasteiger partial charge in [0, 0.05) is 5.39 Å². The highest BCUT2D eigenvalue weighted by molar-refractivity contribution is 7.80. The molecule has 0 radical (unpaired) electrons. The number of thiol groups is 1. The zero-order valence-electron chi connectivity index (χ0n) is 10.5. The van der Waals surface area contributed by atoms with Crippen molar-refractivity contribution in [1.82, 2.24) is 4.98 Å². The van der Waals surface area contributed by atoms with Gasteiger partial charge < -0.3 is 4.74 Å². The fourth-order valence-corrected chi connectivity index (χ4v) is 2.11. The van der Waals surface area contributed by atoms with Crippen LogP contribution < -0.4 is 4.74 Å². The molecule has 0 saturated heterocycles. The van der Waals surface area contributed by atoms with Crippen molar-refractivity contribution in [3.05, 3.63) is 36.5 Å². The Hall–Kier alpha value is -1.22. The second kappa shape index (κ2) is 7.27. The van der Waals surface area contributed by atoms with E-state index in [-0.39, 0.29) is 0 Å². The van der Waals surface area contributed by atoms with Crippen LogP contribution in [0.1, 0.15) is 25.7 Å². The Bertz CT molecular complexity index is 487. The van der Waals surface area contributed by atoms with Crippen molar-refractivity contribution in [2.75, 3.05) is 12.4 Å². The van der Waals surface area contributed by atoms with Crippen LogP contribution in [0.25, 0.3) is 10.9 Å². The molecular weight excluding hydrogens is 242 g/mol. The van der Waals surface area contributed by atoms with Crippen molar-refractivity contribution in [2.45, 2.75) is 25.7 Å². The average molecular weight is 261 g/mol. The highest BCUT2D eigenvalue weighted by Gasteiger charge is 1.98. The molecule has 0 spiro atoms. The molecule has 96 valence electrons. The molecule has 0 unspecified atom stereocenters. The van der Waals surface area contributed by atoms with Gasteiger partial charge in [0.2, 0.25) is 0 Å². The smallest absolute Gasteiger partial charge is 0.138 e. The predicted molar refractivity (Wildman–Crippen MR) is 79.6 cm³/mol. The summed E-state index contributed by atoms with van der Waals surface area (Å²) < 4.78 is 5.71. The molecular formula is C15H19NOS. The molecule has 2 aromatic rings. The van der Waals surface area contributed by atoms with Gasteiger partial charge in [0.1, 0.15) is 5.75 Å². The van der Waals surface area contributed by atoms with Gasteiger partial charge in [-0.15, -0.1) is 0 Å². The lowest BCUT2D eigenvalue weighted by atomic mass is 10.2. The van der Waals surface area contributed by atoms with Crippen molar-refractivity contribution in [1.29, 1.82) is 0 Å². The van der Waals surface area contributed by atoms with Crippen LogP contribution in [0.3, 0.4) is 0 Å². The fraction of sp³-hybridized carbons (Fsp3) is 0.400. The summed E-state index contributed by atoms with van der Waals surface area (Å²) in [6.45, 7) is 0.770. The number of aromatic nitrogens is 1. The highest BCUT2D eigenvalue weighted by Crippen LogP contribution is 2.18. The third-order valence-electron chi connectivity index (χ3n) is 2.89. The number of hydrogen-bond donors (Lipinski definition) is 1. The molecule has 2 rings (SSSR count). The van der Waals surface area contributed by atoms with Crippen LogP contribution in [0.5, 0.6) is 5.75 Å². The van der Waals surface area contributed by atoms with Gasteiger partial charge >= 0.3 is 0 Å². The molecule has 0 aliphatic rings. The number of benzene rings is 1. The van der Waals surface area contributed by atoms with Gasteiger partial charge in [-0.3, -0.25) is 4.98 Å². The molecule has 2 nitrogen and oxygen atoms in total. The molecule has 3 heteroatoms. The van der Waals surface area contributed by atoms with E-state index in [9.17, 15) is 0 Å². The number of nitrogens with zero attached hydrogens (tertiary/aromatic N) is 1. The van der Waals surface area contributed by atoms with E-state index < -0.39 is 0 Å². The molecule has 0 fully saturated rings. The van der Waals surface area contributed by atoms with Crippen LogP contribution in [-0.4, -0.2) is 17.3 Å². The summed E-state index contributed by atoms with van der Waals surface area (Å²) in [7, 11) is 0. The van der Waals surface area contributed by atoms with Crippen LogP contribution in [0.4, 0.5) is 0 Å². The third-order valence-corrected chi connectivity index (χ3v) is 3.20. The van der Waals surface area contributed by atoms with Gasteiger partial charge in [-0.25, -0.2) is 0 Å². The highest BCUT2D eigenvalue weighted by atomic mass is 32.1. The molecule has 0 N–H and O–H groups in total. The number of ether oxygens (including phenoxy) is 1. The van der Waals surface area contributed by atoms with Crippen LogP contribution in [0, 0.1) is 0 Å². The minimum Gasteiger partial charge on any atom is -0.492 e. The molecule has 0 aliphatic carbocycles. The number of fused-ring (bicyclic) bond motifs is 1. The molecule has 0 saturated carbocycles. The van der Waals surface area contributed by atoms with Gasteiger partial charge in [-0.2, -0.15) is 12.6 Å². The summed E-state index contributed by atoms with van der Waals surface area (Å²) in [5, 5.41) is 1.13. The summed E-state index contributed by atoms with van der Waals surface area (Å²) in [5.74, 6) is 1.85. The first kappa shape index (κ1) is 13.2. The minimum absolute atomic E-state index is 0.770. The number of unbranched alkanes of at least 4 members (excludes halogenated alkanes) is 3. The second-order valence-electron chi connectivity index (χ2n) is 4.35. The molecule has 18 heavy (non-hydrogen) atoms. The average Bonchev–Trinajstić information content (AvgIpc) is 2.42. The van der Waals surface area contributed by atoms with E-state index in [0.717, 1.165) is 35.4 Å². The van der Waals surface area contributed by atoms with Gasteiger partial charge in [0.25, 0.3) is 0 Å². The zero-order valence-corrected chi connectivity index (χ0v) is 11.4. The first-order valence-corrected chi connectivity index (χ1v) is 7.12. The Balaban J connectivity index is 1.81. The SMILES string of the molecule is SCCCCCCOc1cnc2ccccc2c1. The van der Waals surface area contributed by atoms with Crippen molar-refractivity contribution < 1.29 is 4.74 Å². The van der Waals surface area contributed by atoms with E-state index in [4.69, 9.17) is 4.74 Å². The molecule has 0 bridgehead atoms. The van der Waals surface area contributed by atoms with Gasteiger partial charge in [0.15, 0.2) is 0 Å². The second-order valence-corrected chi connectivity index (χ2v) is 4.80. The Morgan fingerprint density at radius 1 is 1.06 bits per heavy atom. The molecule has 1 aromatic heterocycles. The van der Waals surface area contributed by atoms with E-state index >= 15 is 0 Å². The lowest BCUT2D eigenvalue weighted by molar-refractivity contribution is 0.304. The number of hydrogen-bond acceptors (Lipinski definition) is 3. The summed E-state index contributed by atoms with van der Waals surface area (Å²) in [5.41, 5.74) is 1.01. The predicted octanol–water partition coefficient (Wildman–Crippen LogP) is 4.10. The first-order valence-electron chi connectivity index (χ1n) is 6.48. The van der Waals surface area contributed by atoms with E-state index in [1.807, 2.05) is 18.2 Å². The molecule has 0 aliphatic heterocycles. The van der Waals surface area contributed by atoms with Crippen molar-refractivity contribution in [3.63, 3.8) is 0 Å². The van der Waals surface area contributed by atoms with Crippen LogP contribution >= 0.6 is 12.6 Å². The standard InChI is InChI=1S/C15H19NOS/c18-10-6-2-1-5-9-17-14-11-13-7-3-4-8-15(13)16-12-14/h3-4,7-8,11-12,18H,1-2,5-6,9-10H2. The van der Waals surface area contributed by atoms with Crippen molar-refractivity contribution >= 4 is 23.5 Å². The van der Waals surface area contributed by atoms with Crippen LogP contribution in [0.2, 0.25) is 0 Å². The summed E-state index contributed by atoms with van der Waals surface area (Å²) in [6.07, 6.45) is 6.54. The summed E-state index contributed by atoms with van der Waals surface area (Å²) in [4.78, 5) is 4.37. The lowest BCUT2D eigenvalue weighted by Gasteiger charge is -2.06. The molecule has 0 amide bonds.